The third kappa shape index (κ3) is 9.07. The molecule has 0 radical (unpaired) electrons. The maximum Gasteiger partial charge on any atom is 0.306 e. The van der Waals surface area contributed by atoms with Crippen molar-refractivity contribution in [2.45, 2.75) is 109 Å². The Morgan fingerprint density at radius 2 is 1.60 bits per heavy atom. The highest BCUT2D eigenvalue weighted by atomic mass is 16.7. The molecule has 2 rings (SSSR count). The summed E-state index contributed by atoms with van der Waals surface area (Å²) in [7, 11) is 1.63. The van der Waals surface area contributed by atoms with Gasteiger partial charge in [0, 0.05) is 25.0 Å². The van der Waals surface area contributed by atoms with Gasteiger partial charge in [0.1, 0.15) is 11.9 Å². The first kappa shape index (κ1) is 24.7. The smallest absolute Gasteiger partial charge is 0.306 e. The van der Waals surface area contributed by atoms with Crippen LogP contribution in [0.2, 0.25) is 0 Å². The number of para-hydroxylation sites is 1. The molecule has 2 atom stereocenters. The zero-order valence-corrected chi connectivity index (χ0v) is 19.2. The van der Waals surface area contributed by atoms with E-state index in [1.54, 1.807) is 7.11 Å². The highest BCUT2D eigenvalue weighted by molar-refractivity contribution is 5.69. The van der Waals surface area contributed by atoms with Gasteiger partial charge in [-0.25, -0.2) is 0 Å². The lowest BCUT2D eigenvalue weighted by Crippen LogP contribution is -2.29. The molecule has 0 N–H and O–H groups in total. The Bertz CT molecular complexity index is 586. The van der Waals surface area contributed by atoms with Crippen LogP contribution in [-0.4, -0.2) is 26.0 Å². The number of benzene rings is 1. The van der Waals surface area contributed by atoms with Gasteiger partial charge in [-0.2, -0.15) is 0 Å². The summed E-state index contributed by atoms with van der Waals surface area (Å²) in [6.07, 6.45) is 16.1. The zero-order chi connectivity index (χ0) is 21.4. The second-order valence-electron chi connectivity index (χ2n) is 8.59. The lowest BCUT2D eigenvalue weighted by atomic mass is 9.81. The van der Waals surface area contributed by atoms with Crippen LogP contribution in [0, 0.1) is 0 Å². The summed E-state index contributed by atoms with van der Waals surface area (Å²) in [6, 6.07) is 8.08. The number of unbranched alkanes of at least 4 members (excludes halogenated alkanes) is 8. The van der Waals surface area contributed by atoms with Crippen molar-refractivity contribution in [3.8, 4) is 5.75 Å². The first-order valence-electron chi connectivity index (χ1n) is 12.2. The van der Waals surface area contributed by atoms with Crippen LogP contribution >= 0.6 is 0 Å². The van der Waals surface area contributed by atoms with E-state index in [2.05, 4.69) is 13.0 Å². The lowest BCUT2D eigenvalue weighted by Gasteiger charge is -2.32. The monoisotopic (exact) mass is 418 g/mol. The number of rotatable bonds is 15. The SMILES string of the molecule is CCCCCCCCCCCC(=O)OC1CCCCC1c1ccccc1OCOC. The Morgan fingerprint density at radius 1 is 0.933 bits per heavy atom. The Balaban J connectivity index is 1.74. The van der Waals surface area contributed by atoms with Gasteiger partial charge in [-0.05, 0) is 31.7 Å². The molecule has 0 amide bonds. The molecule has 4 nitrogen and oxygen atoms in total. The van der Waals surface area contributed by atoms with E-state index >= 15 is 0 Å². The number of ether oxygens (including phenoxy) is 3. The maximum atomic E-state index is 12.5. The summed E-state index contributed by atoms with van der Waals surface area (Å²) >= 11 is 0. The summed E-state index contributed by atoms with van der Waals surface area (Å²) in [6.45, 7) is 2.48. The number of hydrogen-bond acceptors (Lipinski definition) is 4. The van der Waals surface area contributed by atoms with Gasteiger partial charge in [0.2, 0.25) is 0 Å². The van der Waals surface area contributed by atoms with Crippen molar-refractivity contribution in [1.29, 1.82) is 0 Å². The standard InChI is InChI=1S/C26H42O4/c1-3-4-5-6-7-8-9-10-11-20-26(27)30-25-19-15-13-17-23(25)22-16-12-14-18-24(22)29-21-28-2/h12,14,16,18,23,25H,3-11,13,15,17,19-21H2,1-2H3. The number of carbonyl (C=O) groups excluding carboxylic acids is 1. The van der Waals surface area contributed by atoms with E-state index in [4.69, 9.17) is 14.2 Å². The third-order valence-electron chi connectivity index (χ3n) is 6.12. The average Bonchev–Trinajstić information content (AvgIpc) is 2.77. The highest BCUT2D eigenvalue weighted by Crippen LogP contribution is 2.39. The van der Waals surface area contributed by atoms with Gasteiger partial charge in [0.05, 0.1) is 0 Å². The fourth-order valence-electron chi connectivity index (χ4n) is 4.44. The van der Waals surface area contributed by atoms with E-state index in [0.29, 0.717) is 6.42 Å². The highest BCUT2D eigenvalue weighted by Gasteiger charge is 2.31. The van der Waals surface area contributed by atoms with Crippen LogP contribution in [0.5, 0.6) is 5.75 Å². The minimum atomic E-state index is -0.0443. The summed E-state index contributed by atoms with van der Waals surface area (Å²) in [5, 5.41) is 0. The molecule has 0 bridgehead atoms. The Hall–Kier alpha value is -1.55. The van der Waals surface area contributed by atoms with Gasteiger partial charge in [0.25, 0.3) is 0 Å². The van der Waals surface area contributed by atoms with Crippen LogP contribution < -0.4 is 4.74 Å². The average molecular weight is 419 g/mol. The third-order valence-corrected chi connectivity index (χ3v) is 6.12. The van der Waals surface area contributed by atoms with Crippen LogP contribution in [0.4, 0.5) is 0 Å². The van der Waals surface area contributed by atoms with Crippen LogP contribution in [0.25, 0.3) is 0 Å². The number of methoxy groups -OCH3 is 1. The summed E-state index contributed by atoms with van der Waals surface area (Å²) in [5.41, 5.74) is 1.13. The normalized spacial score (nSPS) is 18.9. The molecule has 0 aromatic heterocycles. The summed E-state index contributed by atoms with van der Waals surface area (Å²) < 4.78 is 16.8. The van der Waals surface area contributed by atoms with Gasteiger partial charge in [-0.15, -0.1) is 0 Å². The van der Waals surface area contributed by atoms with Crippen LogP contribution in [0.15, 0.2) is 24.3 Å². The summed E-state index contributed by atoms with van der Waals surface area (Å²) in [4.78, 5) is 12.5. The molecular formula is C26H42O4. The van der Waals surface area contributed by atoms with E-state index in [1.807, 2.05) is 18.2 Å². The summed E-state index contributed by atoms with van der Waals surface area (Å²) in [5.74, 6) is 1.01. The second kappa shape index (κ2) is 15.3. The van der Waals surface area contributed by atoms with E-state index in [-0.39, 0.29) is 24.8 Å². The van der Waals surface area contributed by atoms with Gasteiger partial charge < -0.3 is 14.2 Å². The van der Waals surface area contributed by atoms with Gasteiger partial charge in [0.15, 0.2) is 6.79 Å². The van der Waals surface area contributed by atoms with Crippen molar-refractivity contribution in [2.75, 3.05) is 13.9 Å². The number of esters is 1. The van der Waals surface area contributed by atoms with Crippen molar-refractivity contribution in [1.82, 2.24) is 0 Å². The van der Waals surface area contributed by atoms with Crippen LogP contribution in [-0.2, 0) is 14.3 Å². The van der Waals surface area contributed by atoms with Crippen LogP contribution in [0.1, 0.15) is 108 Å². The molecule has 1 aliphatic carbocycles. The van der Waals surface area contributed by atoms with Crippen LogP contribution in [0.3, 0.4) is 0 Å². The molecule has 0 heterocycles. The molecule has 4 heteroatoms. The quantitative estimate of drug-likeness (QED) is 0.172. The fraction of sp³-hybridized carbons (Fsp3) is 0.731. The van der Waals surface area contributed by atoms with Crippen molar-refractivity contribution < 1.29 is 19.0 Å². The van der Waals surface area contributed by atoms with Crippen molar-refractivity contribution in [2.24, 2.45) is 0 Å². The Kier molecular flexibility index (Phi) is 12.6. The predicted octanol–water partition coefficient (Wildman–Crippen LogP) is 7.16. The lowest BCUT2D eigenvalue weighted by molar-refractivity contribution is -0.151. The first-order valence-corrected chi connectivity index (χ1v) is 12.2. The van der Waals surface area contributed by atoms with Crippen molar-refractivity contribution in [3.63, 3.8) is 0 Å². The first-order chi connectivity index (χ1) is 14.8. The van der Waals surface area contributed by atoms with E-state index in [9.17, 15) is 4.79 Å². The minimum Gasteiger partial charge on any atom is -0.467 e. The molecule has 1 saturated carbocycles. The second-order valence-corrected chi connectivity index (χ2v) is 8.59. The molecule has 0 spiro atoms. The maximum absolute atomic E-state index is 12.5. The molecule has 0 aliphatic heterocycles. The Morgan fingerprint density at radius 3 is 2.33 bits per heavy atom. The largest absolute Gasteiger partial charge is 0.467 e. The van der Waals surface area contributed by atoms with Gasteiger partial charge in [-0.3, -0.25) is 4.79 Å². The van der Waals surface area contributed by atoms with E-state index in [1.165, 1.54) is 44.9 Å². The molecule has 30 heavy (non-hydrogen) atoms. The molecular weight excluding hydrogens is 376 g/mol. The topological polar surface area (TPSA) is 44.8 Å². The molecule has 2 unspecified atom stereocenters. The zero-order valence-electron chi connectivity index (χ0n) is 19.2. The Labute approximate surface area is 183 Å². The van der Waals surface area contributed by atoms with E-state index in [0.717, 1.165) is 49.8 Å². The minimum absolute atomic E-state index is 0.0369. The van der Waals surface area contributed by atoms with Crippen molar-refractivity contribution >= 4 is 5.97 Å². The molecule has 1 aromatic carbocycles. The number of carbonyl (C=O) groups is 1. The molecule has 170 valence electrons. The molecule has 1 aromatic rings. The predicted molar refractivity (Wildman–Crippen MR) is 122 cm³/mol. The van der Waals surface area contributed by atoms with Crippen molar-refractivity contribution in [3.05, 3.63) is 29.8 Å². The molecule has 1 aliphatic rings. The molecule has 1 fully saturated rings. The van der Waals surface area contributed by atoms with E-state index < -0.39 is 0 Å². The van der Waals surface area contributed by atoms with Gasteiger partial charge >= 0.3 is 5.97 Å². The fourth-order valence-corrected chi connectivity index (χ4v) is 4.44. The number of hydrogen-bond donors (Lipinski definition) is 0. The van der Waals surface area contributed by atoms with Gasteiger partial charge in [-0.1, -0.05) is 82.9 Å². The molecule has 0 saturated heterocycles.